The van der Waals surface area contributed by atoms with E-state index in [1.165, 1.54) is 40.4 Å². The van der Waals surface area contributed by atoms with E-state index in [0.29, 0.717) is 29.4 Å². The van der Waals surface area contributed by atoms with Gasteiger partial charge in [-0.05, 0) is 38.1 Å². The fourth-order valence-corrected chi connectivity index (χ4v) is 2.58. The highest BCUT2D eigenvalue weighted by Crippen LogP contribution is 2.35. The SMILES string of the molecule is CCOc1ccc(C(=O)[C@H](C)OC(=O)c2cc(OC)c(OC)cc2OC)cc1. The van der Waals surface area contributed by atoms with Crippen LogP contribution in [0, 0.1) is 0 Å². The summed E-state index contributed by atoms with van der Waals surface area (Å²) in [5, 5.41) is 0. The van der Waals surface area contributed by atoms with Crippen molar-refractivity contribution >= 4 is 11.8 Å². The lowest BCUT2D eigenvalue weighted by Gasteiger charge is -2.16. The molecule has 2 rings (SSSR count). The minimum Gasteiger partial charge on any atom is -0.496 e. The van der Waals surface area contributed by atoms with E-state index >= 15 is 0 Å². The number of carbonyl (C=O) groups excluding carboxylic acids is 2. The first-order chi connectivity index (χ1) is 13.4. The van der Waals surface area contributed by atoms with Gasteiger partial charge in [-0.3, -0.25) is 4.79 Å². The molecule has 0 N–H and O–H groups in total. The highest BCUT2D eigenvalue weighted by molar-refractivity contribution is 6.02. The molecule has 2 aromatic carbocycles. The third kappa shape index (κ3) is 4.73. The summed E-state index contributed by atoms with van der Waals surface area (Å²) in [7, 11) is 4.36. The van der Waals surface area contributed by atoms with Gasteiger partial charge in [-0.2, -0.15) is 0 Å². The van der Waals surface area contributed by atoms with Crippen LogP contribution in [0.2, 0.25) is 0 Å². The standard InChI is InChI=1S/C21H24O7/c1-6-27-15-9-7-14(8-10-15)20(22)13(2)28-21(23)16-11-18(25-4)19(26-5)12-17(16)24-3/h7-13H,6H2,1-5H3/t13-/m0/s1. The number of hydrogen-bond donors (Lipinski definition) is 0. The van der Waals surface area contributed by atoms with E-state index < -0.39 is 12.1 Å². The quantitative estimate of drug-likeness (QED) is 0.480. The molecule has 7 heteroatoms. The van der Waals surface area contributed by atoms with Gasteiger partial charge < -0.3 is 23.7 Å². The predicted molar refractivity (Wildman–Crippen MR) is 103 cm³/mol. The molecule has 28 heavy (non-hydrogen) atoms. The molecule has 0 aliphatic rings. The number of methoxy groups -OCH3 is 3. The number of hydrogen-bond acceptors (Lipinski definition) is 7. The van der Waals surface area contributed by atoms with Gasteiger partial charge >= 0.3 is 5.97 Å². The number of ether oxygens (including phenoxy) is 5. The average Bonchev–Trinajstić information content (AvgIpc) is 2.72. The third-order valence-electron chi connectivity index (χ3n) is 4.03. The van der Waals surface area contributed by atoms with Crippen LogP contribution in [0.5, 0.6) is 23.0 Å². The third-order valence-corrected chi connectivity index (χ3v) is 4.03. The Bertz CT molecular complexity index is 827. The van der Waals surface area contributed by atoms with Crippen molar-refractivity contribution in [2.24, 2.45) is 0 Å². The van der Waals surface area contributed by atoms with Crippen molar-refractivity contribution in [2.45, 2.75) is 20.0 Å². The molecule has 150 valence electrons. The van der Waals surface area contributed by atoms with Crippen molar-refractivity contribution in [3.05, 3.63) is 47.5 Å². The predicted octanol–water partition coefficient (Wildman–Crippen LogP) is 3.54. The van der Waals surface area contributed by atoms with Gasteiger partial charge in [-0.25, -0.2) is 4.79 Å². The topological polar surface area (TPSA) is 80.3 Å². The maximum atomic E-state index is 12.6. The van der Waals surface area contributed by atoms with Crippen molar-refractivity contribution < 1.29 is 33.3 Å². The molecule has 0 bridgehead atoms. The first-order valence-electron chi connectivity index (χ1n) is 8.73. The Hall–Kier alpha value is -3.22. The molecule has 1 atom stereocenters. The van der Waals surface area contributed by atoms with Gasteiger partial charge in [0.1, 0.15) is 17.1 Å². The number of benzene rings is 2. The summed E-state index contributed by atoms with van der Waals surface area (Å²) >= 11 is 0. The van der Waals surface area contributed by atoms with Gasteiger partial charge in [-0.15, -0.1) is 0 Å². The highest BCUT2D eigenvalue weighted by atomic mass is 16.5. The lowest BCUT2D eigenvalue weighted by molar-refractivity contribution is 0.0315. The second-order valence-corrected chi connectivity index (χ2v) is 5.78. The zero-order chi connectivity index (χ0) is 20.7. The molecular weight excluding hydrogens is 364 g/mol. The molecule has 0 saturated carbocycles. The first-order valence-corrected chi connectivity index (χ1v) is 8.73. The second kappa shape index (κ2) is 9.64. The zero-order valence-corrected chi connectivity index (χ0v) is 16.6. The lowest BCUT2D eigenvalue weighted by atomic mass is 10.1. The van der Waals surface area contributed by atoms with Crippen LogP contribution in [0.15, 0.2) is 36.4 Å². The van der Waals surface area contributed by atoms with Crippen LogP contribution in [0.1, 0.15) is 34.6 Å². The second-order valence-electron chi connectivity index (χ2n) is 5.78. The van der Waals surface area contributed by atoms with E-state index in [1.807, 2.05) is 6.92 Å². The fraction of sp³-hybridized carbons (Fsp3) is 0.333. The summed E-state index contributed by atoms with van der Waals surface area (Å²) in [4.78, 5) is 25.2. The molecule has 0 heterocycles. The molecule has 0 amide bonds. The van der Waals surface area contributed by atoms with E-state index in [2.05, 4.69) is 0 Å². The molecular formula is C21H24O7. The molecule has 0 unspecified atom stereocenters. The first kappa shape index (κ1) is 21.1. The van der Waals surface area contributed by atoms with Gasteiger partial charge in [0.15, 0.2) is 17.6 Å². The van der Waals surface area contributed by atoms with Crippen LogP contribution >= 0.6 is 0 Å². The Morgan fingerprint density at radius 2 is 1.46 bits per heavy atom. The minimum atomic E-state index is -0.983. The Morgan fingerprint density at radius 1 is 0.893 bits per heavy atom. The molecule has 0 fully saturated rings. The Labute approximate surface area is 164 Å². The Morgan fingerprint density at radius 3 is 2.00 bits per heavy atom. The maximum Gasteiger partial charge on any atom is 0.342 e. The molecule has 2 aromatic rings. The Balaban J connectivity index is 2.18. The van der Waals surface area contributed by atoms with Gasteiger partial charge in [0.2, 0.25) is 5.78 Å². The summed E-state index contributed by atoms with van der Waals surface area (Å²) in [6.45, 7) is 3.93. The van der Waals surface area contributed by atoms with Gasteiger partial charge in [0.05, 0.1) is 27.9 Å². The van der Waals surface area contributed by atoms with Gasteiger partial charge in [-0.1, -0.05) is 0 Å². The van der Waals surface area contributed by atoms with Crippen LogP contribution in [0.3, 0.4) is 0 Å². The molecule has 0 saturated heterocycles. The molecule has 0 aliphatic heterocycles. The van der Waals surface area contributed by atoms with E-state index in [1.54, 1.807) is 24.3 Å². The van der Waals surface area contributed by atoms with Crippen LogP contribution in [0.25, 0.3) is 0 Å². The monoisotopic (exact) mass is 388 g/mol. The van der Waals surface area contributed by atoms with Crippen LogP contribution < -0.4 is 18.9 Å². The molecule has 0 aromatic heterocycles. The van der Waals surface area contributed by atoms with Crippen LogP contribution in [0.4, 0.5) is 0 Å². The van der Waals surface area contributed by atoms with Crippen molar-refractivity contribution in [1.29, 1.82) is 0 Å². The summed E-state index contributed by atoms with van der Waals surface area (Å²) in [5.74, 6) is 0.651. The number of esters is 1. The minimum absolute atomic E-state index is 0.131. The number of ketones is 1. The smallest absolute Gasteiger partial charge is 0.342 e. The fourth-order valence-electron chi connectivity index (χ4n) is 2.58. The van der Waals surface area contributed by atoms with E-state index in [9.17, 15) is 9.59 Å². The summed E-state index contributed by atoms with van der Waals surface area (Å²) in [6.07, 6.45) is -0.983. The van der Waals surface area contributed by atoms with Crippen molar-refractivity contribution in [3.8, 4) is 23.0 Å². The molecule has 0 spiro atoms. The summed E-state index contributed by atoms with van der Waals surface area (Å²) in [6, 6.07) is 9.64. The molecule has 7 nitrogen and oxygen atoms in total. The highest BCUT2D eigenvalue weighted by Gasteiger charge is 2.24. The zero-order valence-electron chi connectivity index (χ0n) is 16.6. The van der Waals surface area contributed by atoms with E-state index in [-0.39, 0.29) is 17.1 Å². The lowest BCUT2D eigenvalue weighted by Crippen LogP contribution is -2.24. The van der Waals surface area contributed by atoms with Crippen LogP contribution in [-0.4, -0.2) is 45.8 Å². The van der Waals surface area contributed by atoms with Crippen molar-refractivity contribution in [2.75, 3.05) is 27.9 Å². The maximum absolute atomic E-state index is 12.6. The van der Waals surface area contributed by atoms with Gasteiger partial charge in [0, 0.05) is 17.7 Å². The van der Waals surface area contributed by atoms with E-state index in [0.717, 1.165) is 0 Å². The average molecular weight is 388 g/mol. The van der Waals surface area contributed by atoms with Crippen LogP contribution in [-0.2, 0) is 4.74 Å². The summed E-state index contributed by atoms with van der Waals surface area (Å²) < 4.78 is 26.4. The molecule has 0 aliphatic carbocycles. The Kier molecular flexibility index (Phi) is 7.26. The van der Waals surface area contributed by atoms with Crippen molar-refractivity contribution in [1.82, 2.24) is 0 Å². The summed E-state index contributed by atoms with van der Waals surface area (Å²) in [5.41, 5.74) is 0.550. The number of Topliss-reactive ketones (excluding diaryl/α,β-unsaturated/α-hetero) is 1. The molecule has 0 radical (unpaired) electrons. The van der Waals surface area contributed by atoms with Gasteiger partial charge in [0.25, 0.3) is 0 Å². The van der Waals surface area contributed by atoms with E-state index in [4.69, 9.17) is 23.7 Å². The van der Waals surface area contributed by atoms with Crippen molar-refractivity contribution in [3.63, 3.8) is 0 Å². The number of rotatable bonds is 9. The largest absolute Gasteiger partial charge is 0.496 e. The number of carbonyl (C=O) groups is 2. The normalized spacial score (nSPS) is 11.3.